The van der Waals surface area contributed by atoms with E-state index in [1.165, 1.54) is 17.0 Å². The van der Waals surface area contributed by atoms with Gasteiger partial charge < -0.3 is 10.1 Å². The molecule has 10 heteroatoms. The van der Waals surface area contributed by atoms with Crippen LogP contribution in [0.5, 0.6) is 0 Å². The minimum absolute atomic E-state index is 0.0681. The van der Waals surface area contributed by atoms with Crippen molar-refractivity contribution in [3.63, 3.8) is 0 Å². The zero-order valence-corrected chi connectivity index (χ0v) is 25.7. The minimum atomic E-state index is -0.732. The van der Waals surface area contributed by atoms with E-state index >= 15 is 0 Å². The highest BCUT2D eigenvalue weighted by Crippen LogP contribution is 2.36. The van der Waals surface area contributed by atoms with E-state index < -0.39 is 17.6 Å². The molecule has 1 atom stereocenters. The maximum atomic E-state index is 13.9. The number of aromatic nitrogens is 2. The fourth-order valence-electron chi connectivity index (χ4n) is 4.89. The lowest BCUT2D eigenvalue weighted by Gasteiger charge is -2.32. The number of hydrogen-bond acceptors (Lipinski definition) is 4. The van der Waals surface area contributed by atoms with Crippen LogP contribution in [0.15, 0.2) is 72.8 Å². The molecule has 1 aliphatic heterocycles. The van der Waals surface area contributed by atoms with Crippen molar-refractivity contribution in [2.75, 3.05) is 6.54 Å². The number of benzene rings is 3. The Morgan fingerprint density at radius 3 is 2.37 bits per heavy atom. The maximum Gasteiger partial charge on any atom is 0.410 e. The van der Waals surface area contributed by atoms with E-state index in [0.29, 0.717) is 38.1 Å². The molecule has 7 nitrogen and oxygen atoms in total. The lowest BCUT2D eigenvalue weighted by molar-refractivity contribution is 0.0254. The van der Waals surface area contributed by atoms with E-state index in [-0.39, 0.29) is 30.6 Å². The number of halogens is 3. The average Bonchev–Trinajstić information content (AvgIpc) is 3.33. The van der Waals surface area contributed by atoms with Gasteiger partial charge in [0.25, 0.3) is 5.91 Å². The van der Waals surface area contributed by atoms with E-state index in [1.807, 2.05) is 43.3 Å². The number of hydrogen-bond donors (Lipinski definition) is 1. The normalized spacial score (nSPS) is 14.8. The first-order chi connectivity index (χ1) is 20.4. The molecule has 1 aromatic heterocycles. The lowest BCUT2D eigenvalue weighted by Crippen LogP contribution is -2.40. The van der Waals surface area contributed by atoms with Gasteiger partial charge in [-0.05, 0) is 80.8 Å². The number of carbonyl (C=O) groups is 2. The van der Waals surface area contributed by atoms with Gasteiger partial charge in [0, 0.05) is 10.6 Å². The summed E-state index contributed by atoms with van der Waals surface area (Å²) in [6.07, 6.45) is 1.30. The summed E-state index contributed by atoms with van der Waals surface area (Å²) in [4.78, 5) is 28.7. The molecule has 0 bridgehead atoms. The summed E-state index contributed by atoms with van der Waals surface area (Å²) in [6.45, 7) is 7.48. The van der Waals surface area contributed by atoms with Crippen molar-refractivity contribution < 1.29 is 18.7 Å². The molecule has 5 rings (SSSR count). The van der Waals surface area contributed by atoms with Gasteiger partial charge in [0.15, 0.2) is 5.69 Å². The lowest BCUT2D eigenvalue weighted by atomic mass is 9.97. The molecule has 2 heterocycles. The Bertz CT molecular complexity index is 1700. The van der Waals surface area contributed by atoms with Gasteiger partial charge in [-0.2, -0.15) is 5.10 Å². The summed E-state index contributed by atoms with van der Waals surface area (Å²) in [5.74, 6) is -0.782. The molecule has 0 saturated carbocycles. The summed E-state index contributed by atoms with van der Waals surface area (Å²) >= 11 is 12.8. The Labute approximate surface area is 259 Å². The van der Waals surface area contributed by atoms with Gasteiger partial charge in [0.1, 0.15) is 11.4 Å². The first-order valence-electron chi connectivity index (χ1n) is 13.8. The summed E-state index contributed by atoms with van der Waals surface area (Å²) in [7, 11) is 0. The van der Waals surface area contributed by atoms with Crippen LogP contribution >= 0.6 is 23.2 Å². The van der Waals surface area contributed by atoms with Crippen molar-refractivity contribution in [2.24, 2.45) is 0 Å². The Morgan fingerprint density at radius 1 is 1.02 bits per heavy atom. The second-order valence-corrected chi connectivity index (χ2v) is 12.2. The Kier molecular flexibility index (Phi) is 8.62. The van der Waals surface area contributed by atoms with Crippen molar-refractivity contribution in [1.82, 2.24) is 20.0 Å². The van der Waals surface area contributed by atoms with Crippen LogP contribution in [-0.2, 0) is 11.3 Å². The molecule has 0 spiro atoms. The molecule has 0 unspecified atom stereocenters. The quantitative estimate of drug-likeness (QED) is 0.244. The molecule has 1 aliphatic rings. The SMILES string of the molecule is C[C@@H](NC(=O)c1nn(-c2ccc(Cl)cc2Cl)c2c1CN(C(=O)OC(C)(C)C)CC2=Cc1ccc(F)cc1)c1ccccc1. The molecule has 43 heavy (non-hydrogen) atoms. The minimum Gasteiger partial charge on any atom is -0.444 e. The highest BCUT2D eigenvalue weighted by Gasteiger charge is 2.35. The van der Waals surface area contributed by atoms with E-state index in [1.54, 1.807) is 55.8 Å². The number of ether oxygens (including phenoxy) is 1. The summed E-state index contributed by atoms with van der Waals surface area (Å²) < 4.78 is 21.0. The number of nitrogens with zero attached hydrogens (tertiary/aromatic N) is 3. The molecule has 4 aromatic rings. The monoisotopic (exact) mass is 620 g/mol. The Morgan fingerprint density at radius 2 is 1.72 bits per heavy atom. The van der Waals surface area contributed by atoms with Gasteiger partial charge in [0.05, 0.1) is 35.5 Å². The predicted molar refractivity (Wildman–Crippen MR) is 167 cm³/mol. The molecule has 0 saturated heterocycles. The van der Waals surface area contributed by atoms with Crippen LogP contribution < -0.4 is 5.32 Å². The van der Waals surface area contributed by atoms with E-state index in [9.17, 15) is 14.0 Å². The topological polar surface area (TPSA) is 76.5 Å². The Balaban J connectivity index is 1.68. The van der Waals surface area contributed by atoms with Crippen LogP contribution in [0.1, 0.15) is 66.6 Å². The molecule has 222 valence electrons. The van der Waals surface area contributed by atoms with Gasteiger partial charge in [-0.1, -0.05) is 65.7 Å². The molecular formula is C33H31Cl2FN4O3. The van der Waals surface area contributed by atoms with Crippen LogP contribution in [-0.4, -0.2) is 38.8 Å². The van der Waals surface area contributed by atoms with Gasteiger partial charge in [0.2, 0.25) is 0 Å². The molecule has 0 aliphatic carbocycles. The molecule has 0 fully saturated rings. The molecule has 0 radical (unpaired) electrons. The summed E-state index contributed by atoms with van der Waals surface area (Å²) in [6, 6.07) is 20.3. The van der Waals surface area contributed by atoms with Crippen molar-refractivity contribution in [1.29, 1.82) is 0 Å². The van der Waals surface area contributed by atoms with Gasteiger partial charge in [-0.25, -0.2) is 13.9 Å². The van der Waals surface area contributed by atoms with Gasteiger partial charge in [-0.15, -0.1) is 0 Å². The first-order valence-corrected chi connectivity index (χ1v) is 14.5. The van der Waals surface area contributed by atoms with E-state index in [4.69, 9.17) is 33.0 Å². The number of rotatable bonds is 5. The second-order valence-electron chi connectivity index (χ2n) is 11.3. The number of fused-ring (bicyclic) bond motifs is 1. The third-order valence-corrected chi connectivity index (χ3v) is 7.40. The van der Waals surface area contributed by atoms with E-state index in [2.05, 4.69) is 5.32 Å². The van der Waals surface area contributed by atoms with Crippen molar-refractivity contribution >= 4 is 46.9 Å². The van der Waals surface area contributed by atoms with Crippen molar-refractivity contribution in [3.8, 4) is 5.69 Å². The van der Waals surface area contributed by atoms with Crippen LogP contribution in [0.3, 0.4) is 0 Å². The molecule has 3 aromatic carbocycles. The average molecular weight is 622 g/mol. The van der Waals surface area contributed by atoms with Crippen molar-refractivity contribution in [2.45, 2.75) is 45.9 Å². The summed E-state index contributed by atoms with van der Waals surface area (Å²) in [5.41, 5.74) is 3.33. The van der Waals surface area contributed by atoms with E-state index in [0.717, 1.165) is 5.56 Å². The highest BCUT2D eigenvalue weighted by atomic mass is 35.5. The fourth-order valence-corrected chi connectivity index (χ4v) is 5.38. The second kappa shape index (κ2) is 12.2. The van der Waals surface area contributed by atoms with Crippen LogP contribution in [0.25, 0.3) is 17.3 Å². The molecule has 2 amide bonds. The van der Waals surface area contributed by atoms with Gasteiger partial charge in [-0.3, -0.25) is 9.69 Å². The van der Waals surface area contributed by atoms with Crippen LogP contribution in [0.2, 0.25) is 10.0 Å². The first kappa shape index (κ1) is 30.3. The number of carbonyl (C=O) groups excluding carboxylic acids is 2. The predicted octanol–water partition coefficient (Wildman–Crippen LogP) is 8.10. The van der Waals surface area contributed by atoms with Gasteiger partial charge >= 0.3 is 6.09 Å². The largest absolute Gasteiger partial charge is 0.444 e. The molecule has 1 N–H and O–H groups in total. The third kappa shape index (κ3) is 6.92. The highest BCUT2D eigenvalue weighted by molar-refractivity contribution is 6.35. The maximum absolute atomic E-state index is 13.9. The smallest absolute Gasteiger partial charge is 0.410 e. The van der Waals surface area contributed by atoms with Crippen LogP contribution in [0, 0.1) is 5.82 Å². The third-order valence-electron chi connectivity index (χ3n) is 6.86. The number of nitrogens with one attached hydrogen (secondary N) is 1. The zero-order valence-electron chi connectivity index (χ0n) is 24.2. The zero-order chi connectivity index (χ0) is 30.9. The van der Waals surface area contributed by atoms with Crippen molar-refractivity contribution in [3.05, 3.63) is 117 Å². The standard InChI is InChI=1S/C33H31Cl2FN4O3/c1-20(22-8-6-5-7-9-22)37-31(41)29-26-19-39(32(42)43-33(2,3)4)18-23(16-21-10-13-25(36)14-11-21)30(26)40(38-29)28-15-12-24(34)17-27(28)35/h5-17,20H,18-19H2,1-4H3,(H,37,41)/t20-/m1/s1. The fraction of sp³-hybridized carbons (Fsp3) is 0.242. The number of amides is 2. The Hall–Kier alpha value is -4.14. The summed E-state index contributed by atoms with van der Waals surface area (Å²) in [5, 5.41) is 8.59. The van der Waals surface area contributed by atoms with Crippen LogP contribution in [0.4, 0.5) is 9.18 Å². The molecular weight excluding hydrogens is 590 g/mol.